The van der Waals surface area contributed by atoms with E-state index in [0.717, 1.165) is 22.8 Å². The second-order valence-electron chi connectivity index (χ2n) is 6.11. The van der Waals surface area contributed by atoms with Crippen LogP contribution in [0.5, 0.6) is 11.5 Å². The lowest BCUT2D eigenvalue weighted by Gasteiger charge is -2.17. The second kappa shape index (κ2) is 7.70. The number of benzene rings is 2. The van der Waals surface area contributed by atoms with E-state index in [0.29, 0.717) is 6.54 Å². The van der Waals surface area contributed by atoms with Crippen LogP contribution in [-0.2, 0) is 6.54 Å². The van der Waals surface area contributed by atoms with Crippen molar-refractivity contribution in [1.29, 1.82) is 0 Å². The third-order valence-electron chi connectivity index (χ3n) is 3.96. The van der Waals surface area contributed by atoms with Gasteiger partial charge in [0.25, 0.3) is 5.91 Å². The fraction of sp³-hybridized carbons (Fsp3) is 0.143. The van der Waals surface area contributed by atoms with Crippen LogP contribution in [0.2, 0.25) is 0 Å². The van der Waals surface area contributed by atoms with Gasteiger partial charge in [0, 0.05) is 31.5 Å². The van der Waals surface area contributed by atoms with E-state index in [4.69, 9.17) is 4.74 Å². The SMILES string of the molecule is Cc1cc(=O)c(C(=O)N(C)Cc2ccc(Oc3ccccc3)cc2)c[nH]1. The van der Waals surface area contributed by atoms with Gasteiger partial charge in [0.1, 0.15) is 17.1 Å². The summed E-state index contributed by atoms with van der Waals surface area (Å²) in [6, 6.07) is 18.5. The van der Waals surface area contributed by atoms with Crippen LogP contribution in [0.3, 0.4) is 0 Å². The molecule has 2 aromatic carbocycles. The third kappa shape index (κ3) is 4.19. The highest BCUT2D eigenvalue weighted by molar-refractivity contribution is 5.93. The molecule has 0 saturated carbocycles. The number of hydrogen-bond acceptors (Lipinski definition) is 3. The number of hydrogen-bond donors (Lipinski definition) is 1. The second-order valence-corrected chi connectivity index (χ2v) is 6.11. The Kier molecular flexibility index (Phi) is 5.17. The lowest BCUT2D eigenvalue weighted by atomic mass is 10.2. The Morgan fingerprint density at radius 3 is 2.35 bits per heavy atom. The van der Waals surface area contributed by atoms with Gasteiger partial charge in [-0.15, -0.1) is 0 Å². The molecular weight excluding hydrogens is 328 g/mol. The zero-order valence-corrected chi connectivity index (χ0v) is 14.7. The summed E-state index contributed by atoms with van der Waals surface area (Å²) in [5.41, 5.74) is 1.54. The molecule has 1 amide bonds. The summed E-state index contributed by atoms with van der Waals surface area (Å²) in [7, 11) is 1.68. The van der Waals surface area contributed by atoms with Crippen molar-refractivity contribution in [3.8, 4) is 11.5 Å². The number of aromatic amines is 1. The van der Waals surface area contributed by atoms with Crippen LogP contribution in [0, 0.1) is 6.92 Å². The van der Waals surface area contributed by atoms with Crippen LogP contribution < -0.4 is 10.2 Å². The van der Waals surface area contributed by atoms with Crippen LogP contribution in [-0.4, -0.2) is 22.8 Å². The van der Waals surface area contributed by atoms with E-state index in [2.05, 4.69) is 4.98 Å². The zero-order valence-electron chi connectivity index (χ0n) is 14.7. The molecule has 3 aromatic rings. The average molecular weight is 348 g/mol. The Hall–Kier alpha value is -3.34. The summed E-state index contributed by atoms with van der Waals surface area (Å²) >= 11 is 0. The lowest BCUT2D eigenvalue weighted by molar-refractivity contribution is 0.0783. The van der Waals surface area contributed by atoms with Gasteiger partial charge >= 0.3 is 0 Å². The number of aryl methyl sites for hydroxylation is 1. The van der Waals surface area contributed by atoms with E-state index in [1.54, 1.807) is 14.0 Å². The highest BCUT2D eigenvalue weighted by Crippen LogP contribution is 2.21. The Morgan fingerprint density at radius 1 is 1.04 bits per heavy atom. The van der Waals surface area contributed by atoms with Crippen LogP contribution in [0.15, 0.2) is 71.7 Å². The molecule has 0 fully saturated rings. The maximum atomic E-state index is 12.5. The van der Waals surface area contributed by atoms with Gasteiger partial charge in [-0.3, -0.25) is 9.59 Å². The van der Waals surface area contributed by atoms with Crippen molar-refractivity contribution in [2.45, 2.75) is 13.5 Å². The first kappa shape index (κ1) is 17.5. The van der Waals surface area contributed by atoms with E-state index in [9.17, 15) is 9.59 Å². The smallest absolute Gasteiger partial charge is 0.259 e. The number of carbonyl (C=O) groups excluding carboxylic acids is 1. The van der Waals surface area contributed by atoms with Gasteiger partial charge in [-0.25, -0.2) is 0 Å². The van der Waals surface area contributed by atoms with Crippen molar-refractivity contribution >= 4 is 5.91 Å². The molecular formula is C21H20N2O3. The summed E-state index contributed by atoms with van der Waals surface area (Å²) in [6.45, 7) is 2.18. The Labute approximate surface area is 151 Å². The van der Waals surface area contributed by atoms with E-state index >= 15 is 0 Å². The molecule has 5 nitrogen and oxygen atoms in total. The zero-order chi connectivity index (χ0) is 18.5. The minimum absolute atomic E-state index is 0.141. The predicted octanol–water partition coefficient (Wildman–Crippen LogP) is 3.75. The molecule has 1 heterocycles. The van der Waals surface area contributed by atoms with Crippen molar-refractivity contribution in [1.82, 2.24) is 9.88 Å². The Balaban J connectivity index is 1.66. The fourth-order valence-corrected chi connectivity index (χ4v) is 2.58. The van der Waals surface area contributed by atoms with Gasteiger partial charge in [-0.1, -0.05) is 30.3 Å². The van der Waals surface area contributed by atoms with Crippen LogP contribution >= 0.6 is 0 Å². The average Bonchev–Trinajstić information content (AvgIpc) is 2.64. The molecule has 3 rings (SSSR count). The number of para-hydroxylation sites is 1. The fourth-order valence-electron chi connectivity index (χ4n) is 2.58. The van der Waals surface area contributed by atoms with E-state index in [1.807, 2.05) is 54.6 Å². The van der Waals surface area contributed by atoms with Gasteiger partial charge in [0.15, 0.2) is 5.43 Å². The molecule has 0 atom stereocenters. The molecule has 0 saturated heterocycles. The molecule has 0 aliphatic rings. The molecule has 0 unspecified atom stereocenters. The summed E-state index contributed by atoms with van der Waals surface area (Å²) in [4.78, 5) is 28.9. The standard InChI is InChI=1S/C21H20N2O3/c1-15-12-20(24)19(13-22-15)21(25)23(2)14-16-8-10-18(11-9-16)26-17-6-4-3-5-7-17/h3-13H,14H2,1-2H3,(H,22,24). The number of carbonyl (C=O) groups is 1. The molecule has 26 heavy (non-hydrogen) atoms. The minimum Gasteiger partial charge on any atom is -0.457 e. The van der Waals surface area contributed by atoms with Gasteiger partial charge < -0.3 is 14.6 Å². The van der Waals surface area contributed by atoms with Crippen LogP contribution in [0.25, 0.3) is 0 Å². The number of pyridine rings is 1. The maximum absolute atomic E-state index is 12.5. The van der Waals surface area contributed by atoms with Crippen LogP contribution in [0.1, 0.15) is 21.6 Å². The maximum Gasteiger partial charge on any atom is 0.259 e. The number of aromatic nitrogens is 1. The van der Waals surface area contributed by atoms with Gasteiger partial charge in [0.2, 0.25) is 0 Å². The van der Waals surface area contributed by atoms with Crippen molar-refractivity contribution in [2.75, 3.05) is 7.05 Å². The van der Waals surface area contributed by atoms with E-state index in [-0.39, 0.29) is 16.9 Å². The van der Waals surface area contributed by atoms with E-state index in [1.165, 1.54) is 17.2 Å². The molecule has 0 radical (unpaired) electrons. The highest BCUT2D eigenvalue weighted by atomic mass is 16.5. The Morgan fingerprint density at radius 2 is 1.69 bits per heavy atom. The van der Waals surface area contributed by atoms with Crippen LogP contribution in [0.4, 0.5) is 0 Å². The first-order valence-corrected chi connectivity index (χ1v) is 8.29. The number of amides is 1. The summed E-state index contributed by atoms with van der Waals surface area (Å²) in [5, 5.41) is 0. The molecule has 1 N–H and O–H groups in total. The lowest BCUT2D eigenvalue weighted by Crippen LogP contribution is -2.30. The van der Waals surface area contributed by atoms with Gasteiger partial charge in [0.05, 0.1) is 0 Å². The van der Waals surface area contributed by atoms with E-state index < -0.39 is 0 Å². The number of nitrogens with zero attached hydrogens (tertiary/aromatic N) is 1. The monoisotopic (exact) mass is 348 g/mol. The molecule has 0 aliphatic heterocycles. The number of rotatable bonds is 5. The normalized spacial score (nSPS) is 10.4. The molecule has 5 heteroatoms. The van der Waals surface area contributed by atoms with Gasteiger partial charge in [-0.2, -0.15) is 0 Å². The van der Waals surface area contributed by atoms with Crippen molar-refractivity contribution in [2.24, 2.45) is 0 Å². The molecule has 0 bridgehead atoms. The largest absolute Gasteiger partial charge is 0.457 e. The highest BCUT2D eigenvalue weighted by Gasteiger charge is 2.15. The first-order chi connectivity index (χ1) is 12.5. The summed E-state index contributed by atoms with van der Waals surface area (Å²) < 4.78 is 5.76. The number of ether oxygens (including phenoxy) is 1. The first-order valence-electron chi connectivity index (χ1n) is 8.29. The quantitative estimate of drug-likeness (QED) is 0.764. The summed E-state index contributed by atoms with van der Waals surface area (Å²) in [6.07, 6.45) is 1.47. The van der Waals surface area contributed by atoms with Crippen molar-refractivity contribution in [3.63, 3.8) is 0 Å². The molecule has 0 spiro atoms. The topological polar surface area (TPSA) is 62.4 Å². The van der Waals surface area contributed by atoms with Gasteiger partial charge in [-0.05, 0) is 36.8 Å². The van der Waals surface area contributed by atoms with Crippen molar-refractivity contribution < 1.29 is 9.53 Å². The predicted molar refractivity (Wildman–Crippen MR) is 101 cm³/mol. The molecule has 132 valence electrons. The molecule has 1 aromatic heterocycles. The Bertz CT molecular complexity index is 947. The molecule has 0 aliphatic carbocycles. The number of nitrogens with one attached hydrogen (secondary N) is 1. The number of H-pyrrole nitrogens is 1. The third-order valence-corrected chi connectivity index (χ3v) is 3.96. The minimum atomic E-state index is -0.309. The van der Waals surface area contributed by atoms with Crippen molar-refractivity contribution in [3.05, 3.63) is 93.9 Å². The summed E-state index contributed by atoms with van der Waals surface area (Å²) in [5.74, 6) is 1.19.